The maximum Gasteiger partial charge on any atom is 0.233 e. The van der Waals surface area contributed by atoms with E-state index in [0.717, 1.165) is 11.4 Å². The first kappa shape index (κ1) is 15.5. The van der Waals surface area contributed by atoms with Gasteiger partial charge in [-0.05, 0) is 36.2 Å². The monoisotopic (exact) mass is 338 g/mol. The lowest BCUT2D eigenvalue weighted by Gasteiger charge is -2.36. The third kappa shape index (κ3) is 3.68. The van der Waals surface area contributed by atoms with Crippen molar-refractivity contribution in [1.29, 1.82) is 0 Å². The van der Waals surface area contributed by atoms with Crippen LogP contribution in [-0.2, 0) is 9.53 Å². The van der Waals surface area contributed by atoms with Gasteiger partial charge in [-0.2, -0.15) is 11.3 Å². The zero-order valence-corrected chi connectivity index (χ0v) is 14.1. The normalized spacial score (nSPS) is 22.0. The summed E-state index contributed by atoms with van der Waals surface area (Å²) in [4.78, 5) is 18.5. The standard InChI is InChI=1S/C14H18N4O2S2/c1-9-5-18(6-12(20-9)11-3-4-21-7-11)13(19)8-22-14-15-10(2)16-17-14/h3-4,7,9,12H,5-6,8H2,1-2H3,(H,15,16,17)/t9-,12-/m1/s1. The Bertz CT molecular complexity index is 629. The van der Waals surface area contributed by atoms with Gasteiger partial charge < -0.3 is 9.64 Å². The van der Waals surface area contributed by atoms with Crippen molar-refractivity contribution in [1.82, 2.24) is 20.1 Å². The first-order chi connectivity index (χ1) is 10.6. The Kier molecular flexibility index (Phi) is 4.80. The summed E-state index contributed by atoms with van der Waals surface area (Å²) in [6.45, 7) is 5.08. The molecule has 0 radical (unpaired) electrons. The molecule has 8 heteroatoms. The average molecular weight is 338 g/mol. The van der Waals surface area contributed by atoms with Crippen molar-refractivity contribution < 1.29 is 9.53 Å². The maximum absolute atomic E-state index is 12.4. The van der Waals surface area contributed by atoms with E-state index in [2.05, 4.69) is 26.6 Å². The fraction of sp³-hybridized carbons (Fsp3) is 0.500. The number of ether oxygens (including phenoxy) is 1. The number of aryl methyl sites for hydroxylation is 1. The van der Waals surface area contributed by atoms with Crippen LogP contribution < -0.4 is 0 Å². The molecule has 22 heavy (non-hydrogen) atoms. The SMILES string of the molecule is Cc1nc(SCC(=O)N2C[C@@H](C)O[C@@H](c3ccsc3)C2)n[nH]1. The van der Waals surface area contributed by atoms with Gasteiger partial charge in [0.05, 0.1) is 18.4 Å². The second kappa shape index (κ2) is 6.80. The van der Waals surface area contributed by atoms with Crippen molar-refractivity contribution in [2.45, 2.75) is 31.2 Å². The summed E-state index contributed by atoms with van der Waals surface area (Å²) in [6.07, 6.45) is 0.00746. The topological polar surface area (TPSA) is 71.1 Å². The van der Waals surface area contributed by atoms with Gasteiger partial charge in [0, 0.05) is 6.54 Å². The zero-order valence-electron chi connectivity index (χ0n) is 12.5. The predicted molar refractivity (Wildman–Crippen MR) is 86.0 cm³/mol. The van der Waals surface area contributed by atoms with E-state index in [-0.39, 0.29) is 18.1 Å². The van der Waals surface area contributed by atoms with E-state index in [0.29, 0.717) is 24.0 Å². The zero-order chi connectivity index (χ0) is 15.5. The van der Waals surface area contributed by atoms with Gasteiger partial charge in [-0.25, -0.2) is 4.98 Å². The summed E-state index contributed by atoms with van der Waals surface area (Å²) in [7, 11) is 0. The molecule has 0 unspecified atom stereocenters. The number of aromatic amines is 1. The van der Waals surface area contributed by atoms with Crippen LogP contribution in [0.5, 0.6) is 0 Å². The number of amides is 1. The number of carbonyl (C=O) groups is 1. The first-order valence-electron chi connectivity index (χ1n) is 7.09. The van der Waals surface area contributed by atoms with Crippen LogP contribution in [0.1, 0.15) is 24.4 Å². The van der Waals surface area contributed by atoms with Crippen LogP contribution in [0.2, 0.25) is 0 Å². The molecule has 1 amide bonds. The third-order valence-electron chi connectivity index (χ3n) is 3.43. The van der Waals surface area contributed by atoms with Gasteiger partial charge in [0.2, 0.25) is 11.1 Å². The van der Waals surface area contributed by atoms with Crippen LogP contribution in [-0.4, -0.2) is 50.9 Å². The van der Waals surface area contributed by atoms with Gasteiger partial charge in [-0.15, -0.1) is 5.10 Å². The van der Waals surface area contributed by atoms with E-state index in [1.54, 1.807) is 11.3 Å². The molecule has 0 spiro atoms. The van der Waals surface area contributed by atoms with Crippen molar-refractivity contribution in [2.75, 3.05) is 18.8 Å². The second-order valence-electron chi connectivity index (χ2n) is 5.28. The smallest absolute Gasteiger partial charge is 0.233 e. The molecule has 1 saturated heterocycles. The number of morpholine rings is 1. The van der Waals surface area contributed by atoms with E-state index in [1.165, 1.54) is 11.8 Å². The van der Waals surface area contributed by atoms with Gasteiger partial charge in [-0.3, -0.25) is 9.89 Å². The minimum atomic E-state index is -0.0327. The summed E-state index contributed by atoms with van der Waals surface area (Å²) in [5, 5.41) is 11.5. The molecule has 6 nitrogen and oxygen atoms in total. The highest BCUT2D eigenvalue weighted by molar-refractivity contribution is 7.99. The number of hydrogen-bond acceptors (Lipinski definition) is 6. The van der Waals surface area contributed by atoms with Gasteiger partial charge in [0.15, 0.2) is 0 Å². The minimum Gasteiger partial charge on any atom is -0.367 e. The first-order valence-corrected chi connectivity index (χ1v) is 9.02. The lowest BCUT2D eigenvalue weighted by molar-refractivity contribution is -0.142. The van der Waals surface area contributed by atoms with E-state index >= 15 is 0 Å². The predicted octanol–water partition coefficient (Wildman–Crippen LogP) is 2.26. The number of rotatable bonds is 4. The fourth-order valence-corrected chi connectivity index (χ4v) is 3.85. The molecule has 0 aromatic carbocycles. The van der Waals surface area contributed by atoms with Crippen molar-refractivity contribution >= 4 is 29.0 Å². The molecule has 2 aromatic heterocycles. The quantitative estimate of drug-likeness (QED) is 0.866. The Morgan fingerprint density at radius 3 is 3.14 bits per heavy atom. The molecule has 1 N–H and O–H groups in total. The van der Waals surface area contributed by atoms with Crippen molar-refractivity contribution in [3.8, 4) is 0 Å². The Hall–Kier alpha value is -1.38. The molecular weight excluding hydrogens is 320 g/mol. The lowest BCUT2D eigenvalue weighted by Crippen LogP contribution is -2.46. The number of aromatic nitrogens is 3. The molecule has 3 rings (SSSR count). The summed E-state index contributed by atoms with van der Waals surface area (Å²) in [5.41, 5.74) is 1.14. The van der Waals surface area contributed by atoms with Crippen LogP contribution >= 0.6 is 23.1 Å². The minimum absolute atomic E-state index is 0.0327. The number of nitrogens with zero attached hydrogens (tertiary/aromatic N) is 3. The molecule has 1 aliphatic rings. The van der Waals surface area contributed by atoms with Crippen molar-refractivity contribution in [2.24, 2.45) is 0 Å². The number of thioether (sulfide) groups is 1. The van der Waals surface area contributed by atoms with Gasteiger partial charge in [-0.1, -0.05) is 11.8 Å². The molecule has 0 bridgehead atoms. The van der Waals surface area contributed by atoms with E-state index in [9.17, 15) is 4.79 Å². The number of carbonyl (C=O) groups excluding carboxylic acids is 1. The van der Waals surface area contributed by atoms with Crippen molar-refractivity contribution in [3.05, 3.63) is 28.2 Å². The molecular formula is C14H18N4O2S2. The van der Waals surface area contributed by atoms with Crippen LogP contribution in [0.4, 0.5) is 0 Å². The highest BCUT2D eigenvalue weighted by atomic mass is 32.2. The summed E-state index contributed by atoms with van der Waals surface area (Å²) in [5.74, 6) is 1.20. The largest absolute Gasteiger partial charge is 0.367 e. The molecule has 2 atom stereocenters. The van der Waals surface area contributed by atoms with Gasteiger partial charge in [0.1, 0.15) is 11.9 Å². The Balaban J connectivity index is 1.59. The molecule has 1 fully saturated rings. The summed E-state index contributed by atoms with van der Waals surface area (Å²) in [6, 6.07) is 2.06. The van der Waals surface area contributed by atoms with E-state index in [4.69, 9.17) is 4.74 Å². The number of thiophene rings is 1. The Morgan fingerprint density at radius 2 is 2.45 bits per heavy atom. The van der Waals surface area contributed by atoms with Crippen LogP contribution in [0, 0.1) is 6.92 Å². The van der Waals surface area contributed by atoms with Crippen LogP contribution in [0.3, 0.4) is 0 Å². The van der Waals surface area contributed by atoms with Crippen LogP contribution in [0.15, 0.2) is 22.0 Å². The Labute approximate surface area is 137 Å². The lowest BCUT2D eigenvalue weighted by atomic mass is 10.1. The summed E-state index contributed by atoms with van der Waals surface area (Å²) >= 11 is 3.01. The van der Waals surface area contributed by atoms with E-state index in [1.807, 2.05) is 24.1 Å². The molecule has 2 aromatic rings. The summed E-state index contributed by atoms with van der Waals surface area (Å²) < 4.78 is 5.95. The Morgan fingerprint density at radius 1 is 1.59 bits per heavy atom. The molecule has 3 heterocycles. The molecule has 0 saturated carbocycles. The highest BCUT2D eigenvalue weighted by Crippen LogP contribution is 2.27. The van der Waals surface area contributed by atoms with Gasteiger partial charge in [0.25, 0.3) is 0 Å². The number of nitrogens with one attached hydrogen (secondary N) is 1. The highest BCUT2D eigenvalue weighted by Gasteiger charge is 2.29. The number of H-pyrrole nitrogens is 1. The maximum atomic E-state index is 12.4. The van der Waals surface area contributed by atoms with E-state index < -0.39 is 0 Å². The average Bonchev–Trinajstić information content (AvgIpc) is 3.15. The molecule has 0 aliphatic carbocycles. The molecule has 1 aliphatic heterocycles. The second-order valence-corrected chi connectivity index (χ2v) is 7.01. The molecule has 118 valence electrons. The van der Waals surface area contributed by atoms with Crippen LogP contribution in [0.25, 0.3) is 0 Å². The number of hydrogen-bond donors (Lipinski definition) is 1. The third-order valence-corrected chi connectivity index (χ3v) is 4.96. The fourth-order valence-electron chi connectivity index (χ4n) is 2.40. The van der Waals surface area contributed by atoms with Crippen molar-refractivity contribution in [3.63, 3.8) is 0 Å². The van der Waals surface area contributed by atoms with Gasteiger partial charge >= 0.3 is 0 Å².